The Morgan fingerprint density at radius 3 is 2.33 bits per heavy atom. The number of aliphatic hydroxyl groups is 3. The van der Waals surface area contributed by atoms with Gasteiger partial charge in [0.25, 0.3) is 11.7 Å². The number of likely N-dealkylation sites (N-methyl/N-ethyl adjacent to an activating group) is 1. The zero-order chi connectivity index (χ0) is 48.9. The number of amides is 1. The van der Waals surface area contributed by atoms with Gasteiger partial charge >= 0.3 is 5.97 Å². The van der Waals surface area contributed by atoms with Crippen LogP contribution in [0.3, 0.4) is 0 Å². The molecule has 1 aromatic carbocycles. The van der Waals surface area contributed by atoms with Crippen LogP contribution in [0, 0.1) is 29.6 Å². The van der Waals surface area contributed by atoms with Crippen LogP contribution in [0.2, 0.25) is 0 Å². The van der Waals surface area contributed by atoms with E-state index in [0.29, 0.717) is 50.5 Å². The van der Waals surface area contributed by atoms with Crippen LogP contribution >= 0.6 is 0 Å². The molecule has 14 atom stereocenters. The molecule has 4 heterocycles. The summed E-state index contributed by atoms with van der Waals surface area (Å²) in [7, 11) is 5.09. The van der Waals surface area contributed by atoms with Crippen LogP contribution in [0.4, 0.5) is 5.69 Å². The van der Waals surface area contributed by atoms with Gasteiger partial charge in [0.1, 0.15) is 24.0 Å². The Hall–Kier alpha value is -3.92. The number of aliphatic hydroxyl groups excluding tert-OH is 2. The fourth-order valence-corrected chi connectivity index (χ4v) is 11.5. The summed E-state index contributed by atoms with van der Waals surface area (Å²) in [6.45, 7) is 14.3. The van der Waals surface area contributed by atoms with Gasteiger partial charge in [-0.25, -0.2) is 4.79 Å². The predicted octanol–water partition coefficient (Wildman–Crippen LogP) is 6.94. The number of ether oxygens (including phenoxy) is 4. The van der Waals surface area contributed by atoms with E-state index in [-0.39, 0.29) is 49.5 Å². The van der Waals surface area contributed by atoms with Crippen LogP contribution < -0.4 is 4.90 Å². The van der Waals surface area contributed by atoms with Gasteiger partial charge in [-0.3, -0.25) is 14.4 Å². The zero-order valence-corrected chi connectivity index (χ0v) is 41.7. The second-order valence-electron chi connectivity index (χ2n) is 20.4. The quantitative estimate of drug-likeness (QED) is 0.142. The minimum atomic E-state index is -2.51. The van der Waals surface area contributed by atoms with Crippen molar-refractivity contribution >= 4 is 40.0 Å². The van der Waals surface area contributed by atoms with E-state index >= 15 is 0 Å². The molecule has 1 saturated carbocycles. The van der Waals surface area contributed by atoms with E-state index in [1.54, 1.807) is 13.8 Å². The Morgan fingerprint density at radius 1 is 0.940 bits per heavy atom. The number of anilines is 1. The second kappa shape index (κ2) is 22.7. The summed E-state index contributed by atoms with van der Waals surface area (Å²) in [6.07, 6.45) is 6.14. The van der Waals surface area contributed by atoms with Gasteiger partial charge in [0.05, 0.1) is 30.5 Å². The summed E-state index contributed by atoms with van der Waals surface area (Å²) in [6, 6.07) is 7.22. The summed E-state index contributed by atoms with van der Waals surface area (Å²) in [4.78, 5) is 60.6. The lowest BCUT2D eigenvalue weighted by Gasteiger charge is -2.47. The van der Waals surface area contributed by atoms with Crippen molar-refractivity contribution in [2.75, 3.05) is 32.7 Å². The minimum absolute atomic E-state index is 0.0265. The van der Waals surface area contributed by atoms with Gasteiger partial charge in [0.15, 0.2) is 0 Å². The maximum absolute atomic E-state index is 14.5. The Labute approximate surface area is 398 Å². The Balaban J connectivity index is 1.29. The molecule has 3 N–H and O–H groups in total. The molecule has 1 aliphatic carbocycles. The van der Waals surface area contributed by atoms with E-state index in [4.69, 9.17) is 18.9 Å². The number of aryl methyl sites for hydroxylation is 1. The number of hydrogen-bond donors (Lipinski definition) is 3. The van der Waals surface area contributed by atoms with Crippen LogP contribution in [-0.4, -0.2) is 131 Å². The number of rotatable bonds is 8. The van der Waals surface area contributed by atoms with Crippen LogP contribution in [0.5, 0.6) is 0 Å². The predicted molar refractivity (Wildman–Crippen MR) is 257 cm³/mol. The number of Topliss-reactive ketones (excluding diaryl/α,β-unsaturated/α-hetero) is 2. The van der Waals surface area contributed by atoms with Crippen molar-refractivity contribution in [1.29, 1.82) is 0 Å². The van der Waals surface area contributed by atoms with E-state index < -0.39 is 83.9 Å². The molecule has 2 saturated heterocycles. The molecular formula is C53H79N3O11. The molecule has 1 aromatic heterocycles. The first-order valence-corrected chi connectivity index (χ1v) is 24.9. The number of nitrogens with zero attached hydrogens (tertiary/aromatic N) is 3. The molecule has 1 amide bonds. The van der Waals surface area contributed by atoms with E-state index in [1.165, 1.54) is 24.6 Å². The molecule has 372 valence electrons. The highest BCUT2D eigenvalue weighted by Gasteiger charge is 2.56. The first-order chi connectivity index (χ1) is 31.8. The Morgan fingerprint density at radius 2 is 1.66 bits per heavy atom. The third-order valence-electron chi connectivity index (χ3n) is 15.6. The molecule has 0 radical (unpaired) electrons. The topological polar surface area (TPSA) is 177 Å². The van der Waals surface area contributed by atoms with Gasteiger partial charge in [-0.2, -0.15) is 0 Å². The fourth-order valence-electron chi connectivity index (χ4n) is 11.5. The fraction of sp³-hybridized carbons (Fsp3) is 0.698. The highest BCUT2D eigenvalue weighted by molar-refractivity contribution is 6.39. The molecule has 4 aliphatic rings. The van der Waals surface area contributed by atoms with E-state index in [9.17, 15) is 34.5 Å². The number of aromatic nitrogens is 1. The van der Waals surface area contributed by atoms with Gasteiger partial charge in [-0.05, 0) is 127 Å². The van der Waals surface area contributed by atoms with Crippen molar-refractivity contribution in [3.8, 4) is 0 Å². The molecule has 3 aliphatic heterocycles. The van der Waals surface area contributed by atoms with E-state index in [1.807, 2.05) is 40.0 Å². The second-order valence-corrected chi connectivity index (χ2v) is 20.4. The Bertz CT molecular complexity index is 2120. The van der Waals surface area contributed by atoms with E-state index in [2.05, 4.69) is 53.8 Å². The summed E-state index contributed by atoms with van der Waals surface area (Å²) >= 11 is 0. The normalized spacial score (nSPS) is 36.7. The van der Waals surface area contributed by atoms with Gasteiger partial charge in [-0.1, -0.05) is 45.4 Å². The molecule has 14 nitrogen and oxygen atoms in total. The van der Waals surface area contributed by atoms with Crippen LogP contribution in [0.15, 0.2) is 53.8 Å². The van der Waals surface area contributed by atoms with Gasteiger partial charge in [0.2, 0.25) is 5.79 Å². The van der Waals surface area contributed by atoms with Crippen molar-refractivity contribution in [3.05, 3.63) is 53.8 Å². The average molecular weight is 934 g/mol. The zero-order valence-electron chi connectivity index (χ0n) is 41.7. The number of methoxy groups -OCH3 is 2. The lowest BCUT2D eigenvalue weighted by Crippen LogP contribution is -2.64. The maximum atomic E-state index is 14.5. The first kappa shape index (κ1) is 52.5. The SMILES string of the molecule is CCC1/C=C(\C)CC(C)CC(OC)C2OC(O)(C(=O)C(=O)N3CCCCC3C(=O)OC(C(C)=CC3CCC(N(C)c4ccc5c(ccn5CC)c4)C(O)C3)C(C)C(O)CC1=O)C(C)CC2OC. The largest absolute Gasteiger partial charge is 0.456 e. The maximum Gasteiger partial charge on any atom is 0.329 e. The minimum Gasteiger partial charge on any atom is -0.456 e. The number of fused-ring (bicyclic) bond motifs is 4. The highest BCUT2D eigenvalue weighted by atomic mass is 16.7. The summed E-state index contributed by atoms with van der Waals surface area (Å²) < 4.78 is 26.7. The molecule has 6 rings (SSSR count). The highest BCUT2D eigenvalue weighted by Crippen LogP contribution is 2.40. The molecule has 2 bridgehead atoms. The first-order valence-electron chi connectivity index (χ1n) is 24.9. The van der Waals surface area contributed by atoms with Crippen molar-refractivity contribution in [2.45, 2.75) is 180 Å². The molecule has 3 fully saturated rings. The lowest BCUT2D eigenvalue weighted by atomic mass is 9.80. The number of benzene rings is 1. The summed E-state index contributed by atoms with van der Waals surface area (Å²) in [5, 5.41) is 36.8. The molecule has 0 spiro atoms. The van der Waals surface area contributed by atoms with Crippen molar-refractivity contribution in [1.82, 2.24) is 9.47 Å². The number of cyclic esters (lactones) is 1. The molecule has 14 heteroatoms. The molecule has 67 heavy (non-hydrogen) atoms. The van der Waals surface area contributed by atoms with E-state index in [0.717, 1.165) is 29.6 Å². The van der Waals surface area contributed by atoms with Gasteiger partial charge in [-0.15, -0.1) is 0 Å². The summed E-state index contributed by atoms with van der Waals surface area (Å²) in [5.74, 6) is -7.65. The van der Waals surface area contributed by atoms with Crippen LogP contribution in [0.25, 0.3) is 10.9 Å². The van der Waals surface area contributed by atoms with Crippen molar-refractivity contribution in [2.24, 2.45) is 29.6 Å². The number of ketones is 2. The summed E-state index contributed by atoms with van der Waals surface area (Å²) in [5.41, 5.74) is 3.85. The molecule has 2 aromatic rings. The monoisotopic (exact) mass is 934 g/mol. The van der Waals surface area contributed by atoms with Crippen LogP contribution in [0.1, 0.15) is 119 Å². The van der Waals surface area contributed by atoms with Gasteiger partial charge < -0.3 is 48.6 Å². The number of hydrogen-bond acceptors (Lipinski definition) is 12. The van der Waals surface area contributed by atoms with Crippen molar-refractivity contribution in [3.63, 3.8) is 0 Å². The third kappa shape index (κ3) is 11.6. The van der Waals surface area contributed by atoms with Gasteiger partial charge in [0, 0.05) is 81.3 Å². The number of esters is 1. The standard InChI is InChI=1S/C53H79N3O11/c1-11-37-24-31(3)23-32(4)25-46(64-9)49-47(65-10)27-34(6)53(63,67-49)50(60)51(61)56-21-14-13-15-42(56)52(62)66-48(35(7)43(57)30-44(37)58)33(5)26-36-16-18-41(45(59)28-36)54(8)39-17-19-40-38(29-39)20-22-55(40)12-2/h17,19-20,22,24,26,29,32,34-37,41-43,45-49,57,59,63H,11-16,18,21,23,25,27-28,30H2,1-10H3/b31-24+,33-26?. The molecular weight excluding hydrogens is 855 g/mol. The number of piperidine rings is 1. The Kier molecular flexibility index (Phi) is 17.7. The van der Waals surface area contributed by atoms with Crippen molar-refractivity contribution < 1.29 is 53.4 Å². The average Bonchev–Trinajstić information content (AvgIpc) is 3.73. The molecule has 14 unspecified atom stereocenters. The lowest BCUT2D eigenvalue weighted by molar-refractivity contribution is -0.302. The number of carbonyl (C=O) groups is 4. The number of allylic oxidation sites excluding steroid dienone is 3. The van der Waals surface area contributed by atoms with Crippen LogP contribution in [-0.2, 0) is 44.7 Å². The smallest absolute Gasteiger partial charge is 0.329 e. The third-order valence-corrected chi connectivity index (χ3v) is 15.6. The number of carbonyl (C=O) groups excluding carboxylic acids is 4.